The van der Waals surface area contributed by atoms with Gasteiger partial charge in [-0.2, -0.15) is 5.26 Å². The van der Waals surface area contributed by atoms with E-state index in [0.717, 1.165) is 11.0 Å². The van der Waals surface area contributed by atoms with Crippen LogP contribution in [-0.4, -0.2) is 53.2 Å². The predicted molar refractivity (Wildman–Crippen MR) is 104 cm³/mol. The highest BCUT2D eigenvalue weighted by Gasteiger charge is 2.42. The summed E-state index contributed by atoms with van der Waals surface area (Å²) in [6.07, 6.45) is 0. The molecule has 2 aromatic carbocycles. The van der Waals surface area contributed by atoms with Gasteiger partial charge in [0, 0.05) is 11.8 Å². The number of hydrogen-bond acceptors (Lipinski definition) is 8. The second kappa shape index (κ2) is 8.83. The Balaban J connectivity index is 1.66. The minimum Gasteiger partial charge on any atom is -0.454 e. The number of anilines is 1. The lowest BCUT2D eigenvalue weighted by atomic mass is 10.1. The summed E-state index contributed by atoms with van der Waals surface area (Å²) < 4.78 is 4.87. The second-order valence-electron chi connectivity index (χ2n) is 6.29. The molecule has 0 unspecified atom stereocenters. The van der Waals surface area contributed by atoms with Crippen LogP contribution in [0.1, 0.15) is 20.7 Å². The molecule has 1 aliphatic heterocycles. The normalized spacial score (nSPS) is 12.2. The molecular weight excluding hydrogens is 408 g/mol. The van der Waals surface area contributed by atoms with Gasteiger partial charge in [-0.15, -0.1) is 0 Å². The van der Waals surface area contributed by atoms with Crippen molar-refractivity contribution in [1.82, 2.24) is 4.90 Å². The summed E-state index contributed by atoms with van der Waals surface area (Å²) in [5.41, 5.74) is -0.701. The van der Waals surface area contributed by atoms with Crippen LogP contribution in [0.25, 0.3) is 0 Å². The van der Waals surface area contributed by atoms with Crippen LogP contribution < -0.4 is 4.90 Å². The number of fused-ring (bicyclic) bond motifs is 1. The molecule has 3 rings (SSSR count). The number of carbonyl (C=O) groups is 4. The number of benzene rings is 2. The Labute approximate surface area is 175 Å². The first-order valence-electron chi connectivity index (χ1n) is 8.86. The number of rotatable bonds is 7. The molecule has 156 valence electrons. The summed E-state index contributed by atoms with van der Waals surface area (Å²) in [5, 5.41) is 20.1. The zero-order valence-electron chi connectivity index (χ0n) is 15.9. The maximum absolute atomic E-state index is 12.5. The van der Waals surface area contributed by atoms with Crippen molar-refractivity contribution in [2.45, 2.75) is 0 Å². The van der Waals surface area contributed by atoms with Crippen LogP contribution in [-0.2, 0) is 14.3 Å². The third-order valence-corrected chi connectivity index (χ3v) is 4.42. The molecular formula is C20H14N4O7. The van der Waals surface area contributed by atoms with Crippen LogP contribution in [0.2, 0.25) is 0 Å². The number of nitrogens with zero attached hydrogens (tertiary/aromatic N) is 4. The Morgan fingerprint density at radius 1 is 1.10 bits per heavy atom. The van der Waals surface area contributed by atoms with E-state index in [0.29, 0.717) is 10.6 Å². The Morgan fingerprint density at radius 3 is 2.45 bits per heavy atom. The Morgan fingerprint density at radius 2 is 1.81 bits per heavy atom. The maximum Gasteiger partial charge on any atom is 0.326 e. The fourth-order valence-electron chi connectivity index (χ4n) is 3.01. The molecule has 0 radical (unpaired) electrons. The third kappa shape index (κ3) is 4.23. The summed E-state index contributed by atoms with van der Waals surface area (Å²) in [6.45, 7) is -1.82. The Kier molecular flexibility index (Phi) is 6.02. The van der Waals surface area contributed by atoms with E-state index in [1.54, 1.807) is 30.3 Å². The predicted octanol–water partition coefficient (Wildman–Crippen LogP) is 1.29. The van der Waals surface area contributed by atoms with Crippen molar-refractivity contribution >= 4 is 35.1 Å². The minimum absolute atomic E-state index is 0.188. The van der Waals surface area contributed by atoms with E-state index in [1.807, 2.05) is 6.07 Å². The zero-order chi connectivity index (χ0) is 22.5. The number of amides is 3. The first-order valence-corrected chi connectivity index (χ1v) is 8.86. The molecule has 1 heterocycles. The number of para-hydroxylation sites is 1. The van der Waals surface area contributed by atoms with Gasteiger partial charge in [0.25, 0.3) is 23.4 Å². The highest BCUT2D eigenvalue weighted by molar-refractivity contribution is 6.24. The standard InChI is InChI=1S/C20H14N4O7/c21-9-10-22(13-5-2-1-3-6-13)16(25)12-31-17(26)11-23-19(27)14-7-4-8-15(24(29)30)18(14)20(23)28/h1-8H,10-12H2. The first-order chi connectivity index (χ1) is 14.8. The summed E-state index contributed by atoms with van der Waals surface area (Å²) >= 11 is 0. The number of esters is 1. The monoisotopic (exact) mass is 422 g/mol. The van der Waals surface area contributed by atoms with Gasteiger partial charge < -0.3 is 4.74 Å². The SMILES string of the molecule is N#CCN(C(=O)COC(=O)CN1C(=O)c2cccc([N+](=O)[O-])c2C1=O)c1ccccc1. The largest absolute Gasteiger partial charge is 0.454 e. The van der Waals surface area contributed by atoms with Gasteiger partial charge in [-0.3, -0.25) is 39.1 Å². The average molecular weight is 422 g/mol. The van der Waals surface area contributed by atoms with Crippen molar-refractivity contribution < 1.29 is 28.8 Å². The highest BCUT2D eigenvalue weighted by Crippen LogP contribution is 2.30. The van der Waals surface area contributed by atoms with Crippen LogP contribution in [0.5, 0.6) is 0 Å². The van der Waals surface area contributed by atoms with Crippen molar-refractivity contribution in [3.8, 4) is 6.07 Å². The van der Waals surface area contributed by atoms with Crippen molar-refractivity contribution in [1.29, 1.82) is 5.26 Å². The maximum atomic E-state index is 12.5. The van der Waals surface area contributed by atoms with Gasteiger partial charge in [0.2, 0.25) is 0 Å². The summed E-state index contributed by atoms with van der Waals surface area (Å²) in [7, 11) is 0. The molecule has 0 N–H and O–H groups in total. The lowest BCUT2D eigenvalue weighted by Crippen LogP contribution is -2.38. The van der Waals surface area contributed by atoms with Gasteiger partial charge in [0.05, 0.1) is 16.6 Å². The molecule has 0 fully saturated rings. The molecule has 11 heteroatoms. The second-order valence-corrected chi connectivity index (χ2v) is 6.29. The van der Waals surface area contributed by atoms with Crippen LogP contribution in [0, 0.1) is 21.4 Å². The summed E-state index contributed by atoms with van der Waals surface area (Å²) in [4.78, 5) is 61.3. The van der Waals surface area contributed by atoms with Gasteiger partial charge in [0.15, 0.2) is 6.61 Å². The van der Waals surface area contributed by atoms with Crippen molar-refractivity contribution in [3.63, 3.8) is 0 Å². The number of nitro groups is 1. The van der Waals surface area contributed by atoms with Crippen LogP contribution in [0.4, 0.5) is 11.4 Å². The van der Waals surface area contributed by atoms with Crippen LogP contribution in [0.3, 0.4) is 0 Å². The molecule has 3 amide bonds. The molecule has 0 aromatic heterocycles. The topological polar surface area (TPSA) is 151 Å². The molecule has 0 saturated heterocycles. The van der Waals surface area contributed by atoms with Crippen molar-refractivity contribution in [3.05, 3.63) is 69.8 Å². The molecule has 0 saturated carbocycles. The number of nitriles is 1. The van der Waals surface area contributed by atoms with E-state index >= 15 is 0 Å². The van der Waals surface area contributed by atoms with Crippen LogP contribution >= 0.6 is 0 Å². The summed E-state index contributed by atoms with van der Waals surface area (Å²) in [6, 6.07) is 13.7. The third-order valence-electron chi connectivity index (χ3n) is 4.42. The highest BCUT2D eigenvalue weighted by atomic mass is 16.6. The molecule has 31 heavy (non-hydrogen) atoms. The molecule has 11 nitrogen and oxygen atoms in total. The van der Waals surface area contributed by atoms with Gasteiger partial charge >= 0.3 is 5.97 Å². The van der Waals surface area contributed by atoms with Gasteiger partial charge in [-0.05, 0) is 18.2 Å². The number of ether oxygens (including phenoxy) is 1. The fourth-order valence-corrected chi connectivity index (χ4v) is 3.01. The number of carbonyl (C=O) groups excluding carboxylic acids is 4. The molecule has 0 bridgehead atoms. The molecule has 1 aliphatic rings. The van der Waals surface area contributed by atoms with Gasteiger partial charge in [0.1, 0.15) is 18.7 Å². The Hall–Kier alpha value is -4.59. The number of imide groups is 1. The molecule has 0 spiro atoms. The van der Waals surface area contributed by atoms with Crippen molar-refractivity contribution in [2.24, 2.45) is 0 Å². The van der Waals surface area contributed by atoms with E-state index < -0.39 is 53.0 Å². The fraction of sp³-hybridized carbons (Fsp3) is 0.150. The number of nitro benzene ring substituents is 1. The van der Waals surface area contributed by atoms with E-state index in [9.17, 15) is 29.3 Å². The van der Waals surface area contributed by atoms with Crippen molar-refractivity contribution in [2.75, 3.05) is 24.6 Å². The van der Waals surface area contributed by atoms with Crippen LogP contribution in [0.15, 0.2) is 48.5 Å². The molecule has 0 aliphatic carbocycles. The smallest absolute Gasteiger partial charge is 0.326 e. The lowest BCUT2D eigenvalue weighted by molar-refractivity contribution is -0.385. The number of hydrogen-bond donors (Lipinski definition) is 0. The van der Waals surface area contributed by atoms with E-state index in [2.05, 4.69) is 0 Å². The lowest BCUT2D eigenvalue weighted by Gasteiger charge is -2.20. The first kappa shape index (κ1) is 21.1. The van der Waals surface area contributed by atoms with E-state index in [-0.39, 0.29) is 12.1 Å². The van der Waals surface area contributed by atoms with E-state index in [4.69, 9.17) is 10.00 Å². The van der Waals surface area contributed by atoms with Gasteiger partial charge in [-0.25, -0.2) is 0 Å². The molecule has 2 aromatic rings. The van der Waals surface area contributed by atoms with E-state index in [1.165, 1.54) is 12.1 Å². The summed E-state index contributed by atoms with van der Waals surface area (Å²) in [5.74, 6) is -3.61. The Bertz CT molecular complexity index is 1120. The molecule has 0 atom stereocenters. The van der Waals surface area contributed by atoms with Gasteiger partial charge in [-0.1, -0.05) is 24.3 Å². The zero-order valence-corrected chi connectivity index (χ0v) is 15.9. The average Bonchev–Trinajstić information content (AvgIpc) is 3.01. The quantitative estimate of drug-likeness (QED) is 0.213. The minimum atomic E-state index is -1.06.